The number of carbonyl (C=O) groups excluding carboxylic acids is 2. The van der Waals surface area contributed by atoms with Crippen LogP contribution in [0, 0.1) is 12.7 Å². The highest BCUT2D eigenvalue weighted by Crippen LogP contribution is 2.36. The Morgan fingerprint density at radius 1 is 0.972 bits per heavy atom. The first-order valence-corrected chi connectivity index (χ1v) is 13.2. The van der Waals surface area contributed by atoms with E-state index >= 15 is 0 Å². The number of aryl methyl sites for hydroxylation is 1. The molecular weight excluding hydrogens is 505 g/mol. The number of hydrogen-bond donors (Lipinski definition) is 0. The van der Waals surface area contributed by atoms with Crippen molar-refractivity contribution in [1.82, 2.24) is 4.90 Å². The molecule has 0 bridgehead atoms. The fourth-order valence-corrected chi connectivity index (χ4v) is 5.16. The van der Waals surface area contributed by atoms with Crippen LogP contribution >= 0.6 is 11.8 Å². The van der Waals surface area contributed by atoms with E-state index in [1.807, 2.05) is 6.92 Å². The van der Waals surface area contributed by atoms with E-state index in [4.69, 9.17) is 8.92 Å². The zero-order valence-corrected chi connectivity index (χ0v) is 21.1. The fraction of sp³-hybridized carbons (Fsp3) is 0.154. The van der Waals surface area contributed by atoms with Crippen LogP contribution in [-0.2, 0) is 21.5 Å². The van der Waals surface area contributed by atoms with E-state index in [2.05, 4.69) is 0 Å². The topological polar surface area (TPSA) is 90.0 Å². The molecule has 0 radical (unpaired) electrons. The smallest absolute Gasteiger partial charge is 0.339 e. The third-order valence-electron chi connectivity index (χ3n) is 5.20. The number of hydrogen-bond acceptors (Lipinski definition) is 7. The molecule has 0 aromatic heterocycles. The summed E-state index contributed by atoms with van der Waals surface area (Å²) in [6, 6.07) is 16.4. The van der Waals surface area contributed by atoms with Gasteiger partial charge in [0.1, 0.15) is 10.7 Å². The van der Waals surface area contributed by atoms with Crippen LogP contribution in [0.2, 0.25) is 0 Å². The van der Waals surface area contributed by atoms with Crippen LogP contribution in [-0.4, -0.2) is 31.1 Å². The SMILES string of the molecule is CCOc1cc(/C=C2\SC(=O)N(Cc3ccc(F)cc3)C2=O)ccc1OS(=O)(=O)c1ccc(C)cc1. The molecule has 1 heterocycles. The van der Waals surface area contributed by atoms with Crippen LogP contribution < -0.4 is 8.92 Å². The number of halogens is 1. The molecule has 2 amide bonds. The minimum absolute atomic E-state index is 0.000936. The summed E-state index contributed by atoms with van der Waals surface area (Å²) in [5.74, 6) is -0.710. The number of nitrogens with zero attached hydrogens (tertiary/aromatic N) is 1. The van der Waals surface area contributed by atoms with Gasteiger partial charge in [0.05, 0.1) is 18.1 Å². The van der Waals surface area contributed by atoms with Crippen molar-refractivity contribution in [2.75, 3.05) is 6.61 Å². The van der Waals surface area contributed by atoms with Gasteiger partial charge in [0.15, 0.2) is 11.5 Å². The van der Waals surface area contributed by atoms with Gasteiger partial charge in [-0.1, -0.05) is 35.9 Å². The first-order chi connectivity index (χ1) is 17.2. The fourth-order valence-electron chi connectivity index (χ4n) is 3.38. The molecule has 7 nitrogen and oxygen atoms in total. The van der Waals surface area contributed by atoms with E-state index in [0.29, 0.717) is 11.1 Å². The molecule has 4 rings (SSSR count). The summed E-state index contributed by atoms with van der Waals surface area (Å²) >= 11 is 0.787. The molecule has 0 spiro atoms. The van der Waals surface area contributed by atoms with E-state index in [9.17, 15) is 22.4 Å². The molecule has 0 N–H and O–H groups in total. The summed E-state index contributed by atoms with van der Waals surface area (Å²) in [5.41, 5.74) is 2.05. The minimum Gasteiger partial charge on any atom is -0.490 e. The Bertz CT molecular complexity index is 1430. The monoisotopic (exact) mass is 527 g/mol. The molecule has 10 heteroatoms. The second-order valence-electron chi connectivity index (χ2n) is 7.88. The molecule has 1 aliphatic rings. The number of amides is 2. The van der Waals surface area contributed by atoms with E-state index < -0.39 is 27.1 Å². The van der Waals surface area contributed by atoms with Crippen molar-refractivity contribution in [2.45, 2.75) is 25.3 Å². The van der Waals surface area contributed by atoms with Crippen molar-refractivity contribution in [3.63, 3.8) is 0 Å². The van der Waals surface area contributed by atoms with E-state index in [0.717, 1.165) is 22.2 Å². The quantitative estimate of drug-likeness (QED) is 0.281. The minimum atomic E-state index is -4.09. The van der Waals surface area contributed by atoms with E-state index in [1.165, 1.54) is 54.6 Å². The Kier molecular flexibility index (Phi) is 7.46. The van der Waals surface area contributed by atoms with Crippen molar-refractivity contribution < 1.29 is 31.3 Å². The highest BCUT2D eigenvalue weighted by molar-refractivity contribution is 8.18. The number of rotatable bonds is 8. The maximum atomic E-state index is 13.2. The van der Waals surface area contributed by atoms with Crippen LogP contribution in [0.3, 0.4) is 0 Å². The number of benzene rings is 3. The molecule has 36 heavy (non-hydrogen) atoms. The molecule has 1 aliphatic heterocycles. The highest BCUT2D eigenvalue weighted by Gasteiger charge is 2.35. The number of imide groups is 1. The van der Waals surface area contributed by atoms with Gasteiger partial charge in [-0.15, -0.1) is 0 Å². The molecular formula is C26H22FNO6S2. The lowest BCUT2D eigenvalue weighted by Crippen LogP contribution is -2.27. The Morgan fingerprint density at radius 3 is 2.33 bits per heavy atom. The highest BCUT2D eigenvalue weighted by atomic mass is 32.2. The number of carbonyl (C=O) groups is 2. The van der Waals surface area contributed by atoms with Gasteiger partial charge < -0.3 is 8.92 Å². The Balaban J connectivity index is 1.56. The third-order valence-corrected chi connectivity index (χ3v) is 7.36. The van der Waals surface area contributed by atoms with E-state index in [-0.39, 0.29) is 34.5 Å². The largest absolute Gasteiger partial charge is 0.490 e. The summed E-state index contributed by atoms with van der Waals surface area (Å²) in [6.07, 6.45) is 1.52. The van der Waals surface area contributed by atoms with Crippen molar-refractivity contribution in [1.29, 1.82) is 0 Å². The Hall–Kier alpha value is -3.63. The first kappa shape index (κ1) is 25.5. The van der Waals surface area contributed by atoms with Crippen LogP contribution in [0.5, 0.6) is 11.5 Å². The van der Waals surface area contributed by atoms with Crippen LogP contribution in [0.25, 0.3) is 6.08 Å². The predicted molar refractivity (Wildman–Crippen MR) is 135 cm³/mol. The van der Waals surface area contributed by atoms with Crippen LogP contribution in [0.4, 0.5) is 9.18 Å². The summed E-state index contributed by atoms with van der Waals surface area (Å²) in [5, 5.41) is -0.440. The molecule has 0 atom stereocenters. The molecule has 3 aromatic carbocycles. The first-order valence-electron chi connectivity index (χ1n) is 10.9. The van der Waals surface area contributed by atoms with Crippen molar-refractivity contribution in [3.8, 4) is 11.5 Å². The lowest BCUT2D eigenvalue weighted by Gasteiger charge is -2.13. The van der Waals surface area contributed by atoms with Gasteiger partial charge >= 0.3 is 10.1 Å². The molecule has 1 fully saturated rings. The third kappa shape index (κ3) is 5.77. The van der Waals surface area contributed by atoms with Crippen molar-refractivity contribution >= 4 is 39.1 Å². The van der Waals surface area contributed by atoms with Gasteiger partial charge in [-0.3, -0.25) is 14.5 Å². The molecule has 186 valence electrons. The van der Waals surface area contributed by atoms with Crippen molar-refractivity contribution in [2.24, 2.45) is 0 Å². The van der Waals surface area contributed by atoms with Gasteiger partial charge in [0.2, 0.25) is 0 Å². The second kappa shape index (κ2) is 10.5. The average molecular weight is 528 g/mol. The lowest BCUT2D eigenvalue weighted by atomic mass is 10.1. The molecule has 1 saturated heterocycles. The van der Waals surface area contributed by atoms with Gasteiger partial charge in [-0.05, 0) is 79.2 Å². The Labute approximate surface area is 212 Å². The maximum Gasteiger partial charge on any atom is 0.339 e. The van der Waals surface area contributed by atoms with Gasteiger partial charge in [0.25, 0.3) is 11.1 Å². The van der Waals surface area contributed by atoms with Gasteiger partial charge in [-0.25, -0.2) is 4.39 Å². The summed E-state index contributed by atoms with van der Waals surface area (Å²) in [6.45, 7) is 3.86. The van der Waals surface area contributed by atoms with Crippen LogP contribution in [0.1, 0.15) is 23.6 Å². The zero-order valence-electron chi connectivity index (χ0n) is 19.4. The van der Waals surface area contributed by atoms with Crippen molar-refractivity contribution in [3.05, 3.63) is 94.1 Å². The molecule has 0 aliphatic carbocycles. The molecule has 0 saturated carbocycles. The van der Waals surface area contributed by atoms with Crippen LogP contribution in [0.15, 0.2) is 76.5 Å². The van der Waals surface area contributed by atoms with Gasteiger partial charge in [-0.2, -0.15) is 8.42 Å². The summed E-state index contributed by atoms with van der Waals surface area (Å²) in [7, 11) is -4.09. The summed E-state index contributed by atoms with van der Waals surface area (Å²) in [4.78, 5) is 26.6. The Morgan fingerprint density at radius 2 is 1.67 bits per heavy atom. The zero-order chi connectivity index (χ0) is 25.9. The normalized spacial score (nSPS) is 15.0. The van der Waals surface area contributed by atoms with E-state index in [1.54, 1.807) is 25.1 Å². The second-order valence-corrected chi connectivity index (χ2v) is 10.4. The molecule has 0 unspecified atom stereocenters. The standard InChI is InChI=1S/C26H22FNO6S2/c1-3-33-23-14-19(8-13-22(23)34-36(31,32)21-11-4-17(2)5-12-21)15-24-25(29)28(26(30)35-24)16-18-6-9-20(27)10-7-18/h4-15H,3,16H2,1-2H3/b24-15-. The summed E-state index contributed by atoms with van der Waals surface area (Å²) < 4.78 is 49.5. The lowest BCUT2D eigenvalue weighted by molar-refractivity contribution is -0.123. The molecule has 3 aromatic rings. The predicted octanol–water partition coefficient (Wildman–Crippen LogP) is 5.54. The maximum absolute atomic E-state index is 13.2. The number of thioether (sulfide) groups is 1. The van der Waals surface area contributed by atoms with Gasteiger partial charge in [0, 0.05) is 0 Å². The number of ether oxygens (including phenoxy) is 1. The average Bonchev–Trinajstić information content (AvgIpc) is 3.09.